The van der Waals surface area contributed by atoms with Crippen LogP contribution in [-0.2, 0) is 16.1 Å². The summed E-state index contributed by atoms with van der Waals surface area (Å²) in [4.78, 5) is 23.6. The van der Waals surface area contributed by atoms with Crippen LogP contribution in [0.15, 0.2) is 41.7 Å². The quantitative estimate of drug-likeness (QED) is 0.922. The summed E-state index contributed by atoms with van der Waals surface area (Å²) in [5.41, 5.74) is 0.567. The van der Waals surface area contributed by atoms with Gasteiger partial charge in [-0.2, -0.15) is 0 Å². The highest BCUT2D eigenvalue weighted by Gasteiger charge is 2.27. The maximum atomic E-state index is 13.5. The average Bonchev–Trinajstić information content (AvgIpc) is 2.45. The number of hydrogen-bond donors (Lipinski definition) is 1. The number of amides is 1. The molecule has 0 unspecified atom stereocenters. The second-order valence-corrected chi connectivity index (χ2v) is 4.40. The van der Waals surface area contributed by atoms with E-state index in [0.717, 1.165) is 10.5 Å². The van der Waals surface area contributed by atoms with Gasteiger partial charge in [-0.1, -0.05) is 30.3 Å². The normalized spacial score (nSPS) is 15.2. The molecule has 0 aliphatic carbocycles. The van der Waals surface area contributed by atoms with E-state index in [-0.39, 0.29) is 31.7 Å². The number of carboxylic acid groups (broad SMARTS) is 1. The highest BCUT2D eigenvalue weighted by Crippen LogP contribution is 2.20. The third kappa shape index (κ3) is 3.34. The molecular weight excluding hydrogens is 265 g/mol. The molecule has 1 aliphatic heterocycles. The Balaban J connectivity index is 1.90. The van der Waals surface area contributed by atoms with Crippen LogP contribution in [0.2, 0.25) is 0 Å². The van der Waals surface area contributed by atoms with Crippen LogP contribution in [0.1, 0.15) is 12.0 Å². The van der Waals surface area contributed by atoms with Crippen LogP contribution in [-0.4, -0.2) is 35.2 Å². The van der Waals surface area contributed by atoms with Crippen LogP contribution >= 0.6 is 0 Å². The molecule has 0 bridgehead atoms. The van der Waals surface area contributed by atoms with Gasteiger partial charge in [0.25, 0.3) is 0 Å². The number of nitrogens with zero attached hydrogens (tertiary/aromatic N) is 1. The average molecular weight is 279 g/mol. The summed E-state index contributed by atoms with van der Waals surface area (Å²) in [6.07, 6.45) is -0.657. The molecule has 1 aromatic rings. The molecule has 5 nitrogen and oxygen atoms in total. The second kappa shape index (κ2) is 6.18. The highest BCUT2D eigenvalue weighted by molar-refractivity contribution is 5.87. The van der Waals surface area contributed by atoms with Crippen LogP contribution in [0.25, 0.3) is 0 Å². The molecule has 2 rings (SSSR count). The molecule has 0 saturated carbocycles. The van der Waals surface area contributed by atoms with Crippen molar-refractivity contribution < 1.29 is 23.8 Å². The molecule has 1 heterocycles. The van der Waals surface area contributed by atoms with Crippen LogP contribution in [0.3, 0.4) is 0 Å². The predicted molar refractivity (Wildman–Crippen MR) is 68.6 cm³/mol. The molecule has 0 saturated heterocycles. The van der Waals surface area contributed by atoms with Gasteiger partial charge in [-0.05, 0) is 12.0 Å². The smallest absolute Gasteiger partial charge is 0.410 e. The molecule has 0 aromatic heterocycles. The zero-order chi connectivity index (χ0) is 14.5. The van der Waals surface area contributed by atoms with Crippen molar-refractivity contribution >= 4 is 12.1 Å². The molecule has 106 valence electrons. The van der Waals surface area contributed by atoms with E-state index >= 15 is 0 Å². The molecule has 1 N–H and O–H groups in total. The number of carbonyl (C=O) groups excluding carboxylic acids is 1. The Hall–Kier alpha value is -2.37. The molecule has 1 amide bonds. The molecular formula is C14H14FNO4. The molecule has 0 fully saturated rings. The number of carbonyl (C=O) groups is 2. The van der Waals surface area contributed by atoms with Crippen molar-refractivity contribution in [1.29, 1.82) is 0 Å². The van der Waals surface area contributed by atoms with Gasteiger partial charge in [-0.15, -0.1) is 0 Å². The molecule has 20 heavy (non-hydrogen) atoms. The molecule has 0 spiro atoms. The highest BCUT2D eigenvalue weighted by atomic mass is 19.1. The molecule has 1 aromatic carbocycles. The SMILES string of the molecule is O=C(O)C1=C(F)CN(C(=O)OCc2ccccc2)CC1. The Morgan fingerprint density at radius 3 is 2.60 bits per heavy atom. The first kappa shape index (κ1) is 14.0. The zero-order valence-electron chi connectivity index (χ0n) is 10.7. The van der Waals surface area contributed by atoms with Gasteiger partial charge in [-0.25, -0.2) is 14.0 Å². The van der Waals surface area contributed by atoms with Gasteiger partial charge < -0.3 is 14.7 Å². The zero-order valence-corrected chi connectivity index (χ0v) is 10.7. The monoisotopic (exact) mass is 279 g/mol. The Bertz CT molecular complexity index is 541. The summed E-state index contributed by atoms with van der Waals surface area (Å²) >= 11 is 0. The summed E-state index contributed by atoms with van der Waals surface area (Å²) < 4.78 is 18.6. The summed E-state index contributed by atoms with van der Waals surface area (Å²) in [5.74, 6) is -2.07. The van der Waals surface area contributed by atoms with Gasteiger partial charge >= 0.3 is 12.1 Å². The van der Waals surface area contributed by atoms with Crippen molar-refractivity contribution in [1.82, 2.24) is 4.90 Å². The number of rotatable bonds is 3. The fourth-order valence-corrected chi connectivity index (χ4v) is 1.91. The maximum Gasteiger partial charge on any atom is 0.410 e. The van der Waals surface area contributed by atoms with Gasteiger partial charge in [0.1, 0.15) is 12.4 Å². The van der Waals surface area contributed by atoms with Crippen molar-refractivity contribution in [3.8, 4) is 0 Å². The van der Waals surface area contributed by atoms with Gasteiger partial charge in [0.15, 0.2) is 0 Å². The van der Waals surface area contributed by atoms with E-state index in [2.05, 4.69) is 0 Å². The van der Waals surface area contributed by atoms with E-state index in [0.29, 0.717) is 0 Å². The number of ether oxygens (including phenoxy) is 1. The van der Waals surface area contributed by atoms with E-state index in [4.69, 9.17) is 9.84 Å². The first-order chi connectivity index (χ1) is 9.58. The van der Waals surface area contributed by atoms with Crippen molar-refractivity contribution in [3.63, 3.8) is 0 Å². The van der Waals surface area contributed by atoms with Gasteiger partial charge in [-0.3, -0.25) is 0 Å². The minimum atomic E-state index is -1.28. The second-order valence-electron chi connectivity index (χ2n) is 4.40. The van der Waals surface area contributed by atoms with Gasteiger partial charge in [0.05, 0.1) is 12.1 Å². The van der Waals surface area contributed by atoms with E-state index in [1.807, 2.05) is 30.3 Å². The van der Waals surface area contributed by atoms with Gasteiger partial charge in [0, 0.05) is 6.54 Å². The molecule has 0 atom stereocenters. The molecule has 1 aliphatic rings. The van der Waals surface area contributed by atoms with E-state index in [9.17, 15) is 14.0 Å². The lowest BCUT2D eigenvalue weighted by atomic mass is 10.1. The minimum Gasteiger partial charge on any atom is -0.478 e. The lowest BCUT2D eigenvalue weighted by Gasteiger charge is -2.25. The topological polar surface area (TPSA) is 66.8 Å². The Labute approximate surface area is 115 Å². The lowest BCUT2D eigenvalue weighted by molar-refractivity contribution is -0.133. The van der Waals surface area contributed by atoms with Crippen LogP contribution in [0, 0.1) is 0 Å². The third-order valence-corrected chi connectivity index (χ3v) is 3.01. The Morgan fingerprint density at radius 2 is 2.00 bits per heavy atom. The standard InChI is InChI=1S/C14H14FNO4/c15-12-8-16(7-6-11(12)13(17)18)14(19)20-9-10-4-2-1-3-5-10/h1-5H,6-9H2,(H,17,18). The fourth-order valence-electron chi connectivity index (χ4n) is 1.91. The number of benzene rings is 1. The first-order valence-electron chi connectivity index (χ1n) is 6.14. The predicted octanol–water partition coefficient (Wildman–Crippen LogP) is 2.34. The van der Waals surface area contributed by atoms with E-state index in [1.165, 1.54) is 0 Å². The third-order valence-electron chi connectivity index (χ3n) is 3.01. The van der Waals surface area contributed by atoms with Gasteiger partial charge in [0.2, 0.25) is 0 Å². The van der Waals surface area contributed by atoms with E-state index < -0.39 is 17.9 Å². The molecule has 0 radical (unpaired) electrons. The number of halogens is 1. The fraction of sp³-hybridized carbons (Fsp3) is 0.286. The minimum absolute atomic E-state index is 0.0123. The lowest BCUT2D eigenvalue weighted by Crippen LogP contribution is -2.37. The van der Waals surface area contributed by atoms with E-state index in [1.54, 1.807) is 0 Å². The van der Waals surface area contributed by atoms with Crippen molar-refractivity contribution in [3.05, 3.63) is 47.3 Å². The Morgan fingerprint density at radius 1 is 1.30 bits per heavy atom. The van der Waals surface area contributed by atoms with Crippen molar-refractivity contribution in [2.75, 3.05) is 13.1 Å². The van der Waals surface area contributed by atoms with Crippen molar-refractivity contribution in [2.45, 2.75) is 13.0 Å². The molecule has 6 heteroatoms. The summed E-state index contributed by atoms with van der Waals surface area (Å²) in [6, 6.07) is 9.12. The summed E-state index contributed by atoms with van der Waals surface area (Å²) in [7, 11) is 0. The largest absolute Gasteiger partial charge is 0.478 e. The first-order valence-corrected chi connectivity index (χ1v) is 6.14. The number of carboxylic acids is 1. The maximum absolute atomic E-state index is 13.5. The Kier molecular flexibility index (Phi) is 4.34. The summed E-state index contributed by atoms with van der Waals surface area (Å²) in [5, 5.41) is 8.75. The van der Waals surface area contributed by atoms with Crippen LogP contribution < -0.4 is 0 Å². The summed E-state index contributed by atoms with van der Waals surface area (Å²) in [6.45, 7) is -0.106. The number of hydrogen-bond acceptors (Lipinski definition) is 3. The van der Waals surface area contributed by atoms with Crippen LogP contribution in [0.5, 0.6) is 0 Å². The van der Waals surface area contributed by atoms with Crippen molar-refractivity contribution in [2.24, 2.45) is 0 Å². The van der Waals surface area contributed by atoms with Crippen LogP contribution in [0.4, 0.5) is 9.18 Å². The number of aliphatic carboxylic acids is 1.